The van der Waals surface area contributed by atoms with Gasteiger partial charge in [0.1, 0.15) is 0 Å². The van der Waals surface area contributed by atoms with Crippen molar-refractivity contribution in [2.45, 2.75) is 0 Å². The Bertz CT molecular complexity index is 1200. The van der Waals surface area contributed by atoms with Gasteiger partial charge in [-0.1, -0.05) is 36.4 Å². The molecule has 0 amide bonds. The second kappa shape index (κ2) is 5.21. The highest BCUT2D eigenvalue weighted by molar-refractivity contribution is 5.89. The van der Waals surface area contributed by atoms with Gasteiger partial charge in [-0.15, -0.1) is 0 Å². The monoisotopic (exact) mass is 325 g/mol. The van der Waals surface area contributed by atoms with Crippen molar-refractivity contribution >= 4 is 22.4 Å². The first-order chi connectivity index (χ1) is 12.3. The zero-order valence-corrected chi connectivity index (χ0v) is 13.3. The lowest BCUT2D eigenvalue weighted by molar-refractivity contribution is 1.14. The van der Waals surface area contributed by atoms with Crippen LogP contribution in [0, 0.1) is 0 Å². The van der Waals surface area contributed by atoms with E-state index in [1.807, 2.05) is 47.1 Å². The quantitative estimate of drug-likeness (QED) is 0.512. The molecule has 0 aliphatic carbocycles. The number of benzene rings is 2. The Kier molecular flexibility index (Phi) is 2.87. The molecule has 0 radical (unpaired) electrons. The Balaban J connectivity index is 1.89. The molecule has 25 heavy (non-hydrogen) atoms. The van der Waals surface area contributed by atoms with E-state index in [4.69, 9.17) is 5.73 Å². The molecule has 5 rings (SSSR count). The first-order valence-electron chi connectivity index (χ1n) is 8.07. The second-order valence-corrected chi connectivity index (χ2v) is 5.96. The van der Waals surface area contributed by atoms with Gasteiger partial charge in [0, 0.05) is 40.6 Å². The summed E-state index contributed by atoms with van der Waals surface area (Å²) in [6, 6.07) is 18.5. The molecule has 0 atom stereocenters. The van der Waals surface area contributed by atoms with Gasteiger partial charge >= 0.3 is 0 Å². The fraction of sp³-hybridized carbons (Fsp3) is 0. The summed E-state index contributed by atoms with van der Waals surface area (Å²) in [5.41, 5.74) is 11.9. The first-order valence-corrected chi connectivity index (χ1v) is 8.07. The van der Waals surface area contributed by atoms with Crippen LogP contribution in [0.3, 0.4) is 0 Å². The summed E-state index contributed by atoms with van der Waals surface area (Å²) in [6.45, 7) is 0. The summed E-state index contributed by atoms with van der Waals surface area (Å²) < 4.78 is 2.01. The van der Waals surface area contributed by atoms with E-state index in [0.717, 1.165) is 33.4 Å². The van der Waals surface area contributed by atoms with Gasteiger partial charge < -0.3 is 10.7 Å². The molecule has 5 aromatic rings. The number of nitrogens with one attached hydrogen (secondary N) is 1. The highest BCUT2D eigenvalue weighted by Gasteiger charge is 2.17. The summed E-state index contributed by atoms with van der Waals surface area (Å²) in [5.74, 6) is 0.426. The Morgan fingerprint density at radius 2 is 1.84 bits per heavy atom. The molecule has 0 unspecified atom stereocenters. The van der Waals surface area contributed by atoms with Crippen LogP contribution in [-0.2, 0) is 0 Å². The van der Waals surface area contributed by atoms with Crippen LogP contribution in [-0.4, -0.2) is 19.4 Å². The Morgan fingerprint density at radius 3 is 2.72 bits per heavy atom. The van der Waals surface area contributed by atoms with Crippen LogP contribution in [0.2, 0.25) is 0 Å². The molecule has 5 nitrogen and oxygen atoms in total. The van der Waals surface area contributed by atoms with Crippen molar-refractivity contribution in [2.24, 2.45) is 0 Å². The van der Waals surface area contributed by atoms with E-state index in [1.165, 1.54) is 0 Å². The van der Waals surface area contributed by atoms with Crippen LogP contribution in [0.4, 0.5) is 5.82 Å². The third-order valence-electron chi connectivity index (χ3n) is 4.44. The number of hydrogen-bond acceptors (Lipinski definition) is 3. The van der Waals surface area contributed by atoms with Gasteiger partial charge in [0.25, 0.3) is 0 Å². The van der Waals surface area contributed by atoms with Gasteiger partial charge in [0.2, 0.25) is 0 Å². The molecule has 5 heteroatoms. The van der Waals surface area contributed by atoms with Gasteiger partial charge in [-0.25, -0.2) is 9.97 Å². The molecular formula is C20H15N5. The number of nitrogens with two attached hydrogens (primary N) is 1. The van der Waals surface area contributed by atoms with Crippen LogP contribution in [0.1, 0.15) is 0 Å². The van der Waals surface area contributed by atoms with Crippen LogP contribution in [0.15, 0.2) is 73.2 Å². The van der Waals surface area contributed by atoms with Gasteiger partial charge in [0.05, 0.1) is 11.4 Å². The van der Waals surface area contributed by atoms with Crippen molar-refractivity contribution in [2.75, 3.05) is 5.73 Å². The summed E-state index contributed by atoms with van der Waals surface area (Å²) in [4.78, 5) is 12.3. The van der Waals surface area contributed by atoms with E-state index in [2.05, 4.69) is 39.2 Å². The Hall–Kier alpha value is -3.60. The van der Waals surface area contributed by atoms with E-state index in [1.54, 1.807) is 6.20 Å². The zero-order chi connectivity index (χ0) is 16.8. The number of anilines is 1. The number of rotatable bonds is 2. The van der Waals surface area contributed by atoms with Crippen molar-refractivity contribution in [3.05, 3.63) is 73.2 Å². The lowest BCUT2D eigenvalue weighted by atomic mass is 10.0. The van der Waals surface area contributed by atoms with Gasteiger partial charge in [-0.3, -0.25) is 4.40 Å². The summed E-state index contributed by atoms with van der Waals surface area (Å²) >= 11 is 0. The molecule has 0 saturated carbocycles. The summed E-state index contributed by atoms with van der Waals surface area (Å²) in [5, 5.41) is 1.15. The number of fused-ring (bicyclic) bond motifs is 2. The molecule has 0 bridgehead atoms. The minimum absolute atomic E-state index is 0.426. The summed E-state index contributed by atoms with van der Waals surface area (Å²) in [6.07, 6.45) is 5.62. The van der Waals surface area contributed by atoms with Crippen LogP contribution >= 0.6 is 0 Å². The molecule has 3 heterocycles. The average Bonchev–Trinajstić information content (AvgIpc) is 3.31. The van der Waals surface area contributed by atoms with E-state index in [-0.39, 0.29) is 0 Å². The number of H-pyrrole nitrogens is 1. The number of aromatic nitrogens is 4. The molecule has 0 aliphatic heterocycles. The van der Waals surface area contributed by atoms with E-state index in [9.17, 15) is 0 Å². The molecule has 0 spiro atoms. The minimum Gasteiger partial charge on any atom is -0.381 e. The average molecular weight is 325 g/mol. The maximum atomic E-state index is 6.16. The third kappa shape index (κ3) is 2.10. The molecule has 0 aliphatic rings. The normalized spacial score (nSPS) is 11.4. The fourth-order valence-corrected chi connectivity index (χ4v) is 3.28. The molecule has 120 valence electrons. The zero-order valence-electron chi connectivity index (χ0n) is 13.3. The largest absolute Gasteiger partial charge is 0.381 e. The van der Waals surface area contributed by atoms with Gasteiger partial charge in [-0.2, -0.15) is 0 Å². The van der Waals surface area contributed by atoms with Gasteiger partial charge in [0.15, 0.2) is 11.5 Å². The Morgan fingerprint density at radius 1 is 0.960 bits per heavy atom. The van der Waals surface area contributed by atoms with Crippen LogP contribution in [0.5, 0.6) is 0 Å². The molecule has 3 N–H and O–H groups in total. The number of nitrogen functional groups attached to an aromatic ring is 1. The SMILES string of the molecule is Nc1nc(-c2ccccc2)c(-c2ccc3[nH]ccc3c2)n2ccnc12. The molecule has 0 saturated heterocycles. The second-order valence-electron chi connectivity index (χ2n) is 5.96. The molecular weight excluding hydrogens is 310 g/mol. The molecule has 3 aromatic heterocycles. The summed E-state index contributed by atoms with van der Waals surface area (Å²) in [7, 11) is 0. The van der Waals surface area contributed by atoms with Crippen LogP contribution in [0.25, 0.3) is 39.1 Å². The maximum Gasteiger partial charge on any atom is 0.180 e. The topological polar surface area (TPSA) is 72.0 Å². The van der Waals surface area contributed by atoms with Gasteiger partial charge in [-0.05, 0) is 18.2 Å². The maximum absolute atomic E-state index is 6.16. The predicted octanol–water partition coefficient (Wildman–Crippen LogP) is 4.13. The van der Waals surface area contributed by atoms with Crippen molar-refractivity contribution < 1.29 is 0 Å². The molecule has 0 fully saturated rings. The fourth-order valence-electron chi connectivity index (χ4n) is 3.28. The van der Waals surface area contributed by atoms with Crippen molar-refractivity contribution in [1.82, 2.24) is 19.4 Å². The van der Waals surface area contributed by atoms with Crippen molar-refractivity contribution in [3.63, 3.8) is 0 Å². The van der Waals surface area contributed by atoms with Crippen molar-refractivity contribution in [1.29, 1.82) is 0 Å². The lowest BCUT2D eigenvalue weighted by Crippen LogP contribution is -2.03. The predicted molar refractivity (Wildman–Crippen MR) is 100 cm³/mol. The highest BCUT2D eigenvalue weighted by Crippen LogP contribution is 2.34. The highest BCUT2D eigenvalue weighted by atomic mass is 15.1. The van der Waals surface area contributed by atoms with E-state index >= 15 is 0 Å². The molecule has 2 aromatic carbocycles. The number of nitrogens with zero attached hydrogens (tertiary/aromatic N) is 3. The number of aromatic amines is 1. The number of hydrogen-bond donors (Lipinski definition) is 2. The lowest BCUT2D eigenvalue weighted by Gasteiger charge is -2.14. The first kappa shape index (κ1) is 13.8. The third-order valence-corrected chi connectivity index (χ3v) is 4.44. The standard InChI is InChI=1S/C20H15N5/c21-19-20-23-10-11-25(20)18(17(24-19)13-4-2-1-3-5-13)15-6-7-16-14(12-15)8-9-22-16/h1-12,22H,(H2,21,24). The van der Waals surface area contributed by atoms with Crippen LogP contribution < -0.4 is 5.73 Å². The Labute approximate surface area is 143 Å². The minimum atomic E-state index is 0.426. The number of imidazole rings is 1. The van der Waals surface area contributed by atoms with Crippen molar-refractivity contribution in [3.8, 4) is 22.5 Å². The van der Waals surface area contributed by atoms with E-state index in [0.29, 0.717) is 11.5 Å². The van der Waals surface area contributed by atoms with E-state index < -0.39 is 0 Å². The smallest absolute Gasteiger partial charge is 0.180 e.